The highest BCUT2D eigenvalue weighted by atomic mass is 16.5. The van der Waals surface area contributed by atoms with Crippen LogP contribution in [0.3, 0.4) is 0 Å². The zero-order chi connectivity index (χ0) is 11.4. The molecule has 80 valence electrons. The first-order valence-corrected chi connectivity index (χ1v) is 4.76. The van der Waals surface area contributed by atoms with Gasteiger partial charge in [0.1, 0.15) is 12.0 Å². The third-order valence-electron chi connectivity index (χ3n) is 2.15. The number of ether oxygens (including phenoxy) is 1. The van der Waals surface area contributed by atoms with Gasteiger partial charge in [0.15, 0.2) is 0 Å². The van der Waals surface area contributed by atoms with Crippen molar-refractivity contribution < 1.29 is 9.53 Å². The highest BCUT2D eigenvalue weighted by molar-refractivity contribution is 5.78. The summed E-state index contributed by atoms with van der Waals surface area (Å²) in [5.41, 5.74) is 2.05. The molecule has 1 aromatic carbocycles. The van der Waals surface area contributed by atoms with Crippen molar-refractivity contribution in [2.24, 2.45) is 0 Å². The molecule has 1 aromatic heterocycles. The van der Waals surface area contributed by atoms with E-state index in [0.29, 0.717) is 17.1 Å². The first kappa shape index (κ1) is 10.3. The molecule has 0 saturated heterocycles. The SMILES string of the molecule is COc1nccnc1-c1cccc(C=O)c1. The minimum atomic E-state index is 0.450. The number of nitrogens with zero attached hydrogens (tertiary/aromatic N) is 2. The van der Waals surface area contributed by atoms with E-state index in [0.717, 1.165) is 11.8 Å². The molecule has 0 radical (unpaired) electrons. The molecule has 2 aromatic rings. The molecule has 0 N–H and O–H groups in total. The maximum absolute atomic E-state index is 10.7. The number of methoxy groups -OCH3 is 1. The minimum absolute atomic E-state index is 0.450. The van der Waals surface area contributed by atoms with E-state index < -0.39 is 0 Å². The van der Waals surface area contributed by atoms with Gasteiger partial charge in [-0.25, -0.2) is 9.97 Å². The third kappa shape index (κ3) is 1.91. The van der Waals surface area contributed by atoms with Crippen molar-refractivity contribution in [1.29, 1.82) is 0 Å². The molecule has 4 heteroatoms. The quantitative estimate of drug-likeness (QED) is 0.733. The Morgan fingerprint density at radius 3 is 2.81 bits per heavy atom. The summed E-state index contributed by atoms with van der Waals surface area (Å²) >= 11 is 0. The van der Waals surface area contributed by atoms with Crippen LogP contribution < -0.4 is 4.74 Å². The second-order valence-electron chi connectivity index (χ2n) is 3.16. The Balaban J connectivity index is 2.53. The summed E-state index contributed by atoms with van der Waals surface area (Å²) < 4.78 is 5.11. The van der Waals surface area contributed by atoms with Crippen molar-refractivity contribution in [2.75, 3.05) is 7.11 Å². The Kier molecular flexibility index (Phi) is 2.91. The van der Waals surface area contributed by atoms with Gasteiger partial charge in [-0.05, 0) is 6.07 Å². The Morgan fingerprint density at radius 1 is 1.25 bits per heavy atom. The molecular formula is C12H10N2O2. The van der Waals surface area contributed by atoms with Crippen molar-refractivity contribution in [3.63, 3.8) is 0 Å². The van der Waals surface area contributed by atoms with Gasteiger partial charge in [0.2, 0.25) is 5.88 Å². The topological polar surface area (TPSA) is 52.1 Å². The molecule has 16 heavy (non-hydrogen) atoms. The number of carbonyl (C=O) groups excluding carboxylic acids is 1. The van der Waals surface area contributed by atoms with Gasteiger partial charge in [-0.15, -0.1) is 0 Å². The number of hydrogen-bond donors (Lipinski definition) is 0. The predicted molar refractivity (Wildman–Crippen MR) is 59.4 cm³/mol. The molecule has 2 rings (SSSR count). The van der Waals surface area contributed by atoms with E-state index in [1.807, 2.05) is 6.07 Å². The molecule has 0 fully saturated rings. The second kappa shape index (κ2) is 4.53. The van der Waals surface area contributed by atoms with Gasteiger partial charge in [-0.3, -0.25) is 4.79 Å². The summed E-state index contributed by atoms with van der Waals surface area (Å²) in [5, 5.41) is 0. The average Bonchev–Trinajstić information content (AvgIpc) is 2.38. The lowest BCUT2D eigenvalue weighted by molar-refractivity contribution is 0.112. The molecule has 0 spiro atoms. The van der Waals surface area contributed by atoms with Gasteiger partial charge in [0.05, 0.1) is 7.11 Å². The molecule has 4 nitrogen and oxygen atoms in total. The number of aromatic nitrogens is 2. The van der Waals surface area contributed by atoms with Crippen LogP contribution in [0.4, 0.5) is 0 Å². The lowest BCUT2D eigenvalue weighted by Gasteiger charge is -2.05. The number of benzene rings is 1. The van der Waals surface area contributed by atoms with Crippen molar-refractivity contribution in [3.8, 4) is 17.1 Å². The number of aldehydes is 1. The number of rotatable bonds is 3. The summed E-state index contributed by atoms with van der Waals surface area (Å²) in [6, 6.07) is 7.14. The van der Waals surface area contributed by atoms with Crippen LogP contribution >= 0.6 is 0 Å². The summed E-state index contributed by atoms with van der Waals surface area (Å²) in [4.78, 5) is 18.9. The largest absolute Gasteiger partial charge is 0.479 e. The summed E-state index contributed by atoms with van der Waals surface area (Å²) in [6.07, 6.45) is 3.95. The maximum Gasteiger partial charge on any atom is 0.240 e. The summed E-state index contributed by atoms with van der Waals surface area (Å²) in [5.74, 6) is 0.450. The van der Waals surface area contributed by atoms with Crippen molar-refractivity contribution in [2.45, 2.75) is 0 Å². The molecule has 1 heterocycles. The van der Waals surface area contributed by atoms with Crippen LogP contribution in [0.15, 0.2) is 36.7 Å². The Bertz CT molecular complexity index is 512. The van der Waals surface area contributed by atoms with Gasteiger partial charge in [0, 0.05) is 23.5 Å². The zero-order valence-electron chi connectivity index (χ0n) is 8.75. The highest BCUT2D eigenvalue weighted by Crippen LogP contribution is 2.25. The van der Waals surface area contributed by atoms with Crippen LogP contribution in [0.25, 0.3) is 11.3 Å². The average molecular weight is 214 g/mol. The van der Waals surface area contributed by atoms with E-state index in [9.17, 15) is 4.79 Å². The lowest BCUT2D eigenvalue weighted by Crippen LogP contribution is -1.94. The minimum Gasteiger partial charge on any atom is -0.479 e. The summed E-state index contributed by atoms with van der Waals surface area (Å²) in [7, 11) is 1.54. The van der Waals surface area contributed by atoms with E-state index in [-0.39, 0.29) is 0 Å². The first-order valence-electron chi connectivity index (χ1n) is 4.76. The van der Waals surface area contributed by atoms with Gasteiger partial charge in [-0.2, -0.15) is 0 Å². The van der Waals surface area contributed by atoms with Crippen LogP contribution in [0.1, 0.15) is 10.4 Å². The Hall–Kier alpha value is -2.23. The summed E-state index contributed by atoms with van der Waals surface area (Å²) in [6.45, 7) is 0. The van der Waals surface area contributed by atoms with E-state index in [4.69, 9.17) is 4.74 Å². The molecule has 0 aliphatic carbocycles. The van der Waals surface area contributed by atoms with Crippen molar-refractivity contribution in [3.05, 3.63) is 42.2 Å². The van der Waals surface area contributed by atoms with E-state index in [2.05, 4.69) is 9.97 Å². The fourth-order valence-corrected chi connectivity index (χ4v) is 1.43. The Morgan fingerprint density at radius 2 is 2.06 bits per heavy atom. The van der Waals surface area contributed by atoms with Crippen molar-refractivity contribution >= 4 is 6.29 Å². The molecule has 0 bridgehead atoms. The van der Waals surface area contributed by atoms with E-state index in [1.165, 1.54) is 7.11 Å². The van der Waals surface area contributed by atoms with E-state index >= 15 is 0 Å². The predicted octanol–water partition coefficient (Wildman–Crippen LogP) is 1.96. The monoisotopic (exact) mass is 214 g/mol. The smallest absolute Gasteiger partial charge is 0.240 e. The van der Waals surface area contributed by atoms with E-state index in [1.54, 1.807) is 30.6 Å². The van der Waals surface area contributed by atoms with Crippen LogP contribution in [0, 0.1) is 0 Å². The molecule has 0 atom stereocenters. The normalized spacial score (nSPS) is 9.81. The Labute approximate surface area is 92.9 Å². The second-order valence-corrected chi connectivity index (χ2v) is 3.16. The molecule has 0 saturated carbocycles. The zero-order valence-corrected chi connectivity index (χ0v) is 8.75. The van der Waals surface area contributed by atoms with Crippen LogP contribution in [-0.2, 0) is 0 Å². The molecule has 0 aliphatic rings. The molecule has 0 aliphatic heterocycles. The molecule has 0 amide bonds. The standard InChI is InChI=1S/C12H10N2O2/c1-16-12-11(13-5-6-14-12)10-4-2-3-9(7-10)8-15/h2-8H,1H3. The third-order valence-corrected chi connectivity index (χ3v) is 2.15. The van der Waals surface area contributed by atoms with Crippen LogP contribution in [0.5, 0.6) is 5.88 Å². The van der Waals surface area contributed by atoms with Crippen LogP contribution in [0.2, 0.25) is 0 Å². The highest BCUT2D eigenvalue weighted by Gasteiger charge is 2.07. The molecular weight excluding hydrogens is 204 g/mol. The van der Waals surface area contributed by atoms with Gasteiger partial charge < -0.3 is 4.74 Å². The fraction of sp³-hybridized carbons (Fsp3) is 0.0833. The molecule has 0 unspecified atom stereocenters. The van der Waals surface area contributed by atoms with Gasteiger partial charge in [0.25, 0.3) is 0 Å². The fourth-order valence-electron chi connectivity index (χ4n) is 1.43. The van der Waals surface area contributed by atoms with Crippen molar-refractivity contribution in [1.82, 2.24) is 9.97 Å². The van der Waals surface area contributed by atoms with Gasteiger partial charge in [-0.1, -0.05) is 18.2 Å². The van der Waals surface area contributed by atoms with Gasteiger partial charge >= 0.3 is 0 Å². The number of hydrogen-bond acceptors (Lipinski definition) is 4. The lowest BCUT2D eigenvalue weighted by atomic mass is 10.1. The maximum atomic E-state index is 10.7. The van der Waals surface area contributed by atoms with Crippen LogP contribution in [-0.4, -0.2) is 23.4 Å². The first-order chi connectivity index (χ1) is 7.85. The number of carbonyl (C=O) groups is 1.